The Morgan fingerprint density at radius 3 is 2.73 bits per heavy atom. The SMILES string of the molecule is CON=C(C(=O)CNC(=O)OCCl)c1ccccc1COc1cccc(C2CC2C2CC2)c1. The van der Waals surface area contributed by atoms with Gasteiger partial charge in [-0.3, -0.25) is 4.79 Å². The lowest BCUT2D eigenvalue weighted by Gasteiger charge is -2.13. The van der Waals surface area contributed by atoms with Crippen molar-refractivity contribution >= 4 is 29.2 Å². The average molecular weight is 471 g/mol. The molecular formula is C25H27ClN2O5. The number of alkyl carbamates (subject to hydrolysis) is 1. The van der Waals surface area contributed by atoms with Crippen LogP contribution in [0.3, 0.4) is 0 Å². The first-order chi connectivity index (χ1) is 16.1. The van der Waals surface area contributed by atoms with Crippen LogP contribution in [-0.4, -0.2) is 37.3 Å². The third-order valence-corrected chi connectivity index (χ3v) is 6.16. The monoisotopic (exact) mass is 470 g/mol. The van der Waals surface area contributed by atoms with E-state index < -0.39 is 11.9 Å². The number of carbonyl (C=O) groups is 2. The molecule has 0 saturated heterocycles. The van der Waals surface area contributed by atoms with Gasteiger partial charge in [0.05, 0.1) is 6.54 Å². The standard InChI is InChI=1S/C25H27ClN2O5/c1-31-28-24(23(29)13-27-25(30)33-15-26)20-8-3-2-5-18(20)14-32-19-7-4-6-17(11-19)22-12-21(22)16-9-10-16/h2-8,11,16,21-22H,9-10,12-15H2,1H3,(H,27,30). The minimum atomic E-state index is -0.786. The second-order valence-corrected chi connectivity index (χ2v) is 8.52. The molecule has 33 heavy (non-hydrogen) atoms. The number of ether oxygens (including phenoxy) is 2. The number of amides is 1. The fraction of sp³-hybridized carbons (Fsp3) is 0.400. The summed E-state index contributed by atoms with van der Waals surface area (Å²) in [7, 11) is 1.36. The van der Waals surface area contributed by atoms with E-state index in [1.165, 1.54) is 31.9 Å². The van der Waals surface area contributed by atoms with Gasteiger partial charge in [-0.1, -0.05) is 53.2 Å². The van der Waals surface area contributed by atoms with Gasteiger partial charge < -0.3 is 19.6 Å². The number of alkyl halides is 1. The number of ketones is 1. The van der Waals surface area contributed by atoms with E-state index in [0.717, 1.165) is 23.1 Å². The molecule has 2 aliphatic rings. The third-order valence-electron chi connectivity index (χ3n) is 6.05. The summed E-state index contributed by atoms with van der Waals surface area (Å²) in [5.41, 5.74) is 2.77. The summed E-state index contributed by atoms with van der Waals surface area (Å²) in [5.74, 6) is 2.79. The van der Waals surface area contributed by atoms with Gasteiger partial charge >= 0.3 is 6.09 Å². The van der Waals surface area contributed by atoms with E-state index >= 15 is 0 Å². The molecule has 2 atom stereocenters. The first-order valence-corrected chi connectivity index (χ1v) is 11.6. The van der Waals surface area contributed by atoms with Crippen molar-refractivity contribution in [1.82, 2.24) is 5.32 Å². The molecule has 0 heterocycles. The number of Topliss-reactive ketones (excluding diaryl/α,β-unsaturated/α-hetero) is 1. The smallest absolute Gasteiger partial charge is 0.408 e. The number of carbonyl (C=O) groups excluding carboxylic acids is 2. The Kier molecular flexibility index (Phi) is 7.50. The van der Waals surface area contributed by atoms with Crippen LogP contribution >= 0.6 is 11.6 Å². The van der Waals surface area contributed by atoms with Crippen LogP contribution in [0, 0.1) is 11.8 Å². The fourth-order valence-corrected chi connectivity index (χ4v) is 4.29. The van der Waals surface area contributed by atoms with E-state index in [-0.39, 0.29) is 24.9 Å². The normalized spacial score (nSPS) is 19.5. The third kappa shape index (κ3) is 6.05. The summed E-state index contributed by atoms with van der Waals surface area (Å²) in [5, 5.41) is 6.25. The molecule has 2 aromatic carbocycles. The van der Waals surface area contributed by atoms with Crippen LogP contribution in [0.4, 0.5) is 4.79 Å². The zero-order chi connectivity index (χ0) is 23.2. The molecule has 8 heteroatoms. The largest absolute Gasteiger partial charge is 0.489 e. The van der Waals surface area contributed by atoms with E-state index in [2.05, 4.69) is 27.3 Å². The molecule has 2 aromatic rings. The quantitative estimate of drug-likeness (QED) is 0.294. The van der Waals surface area contributed by atoms with Gasteiger partial charge in [-0.05, 0) is 60.3 Å². The van der Waals surface area contributed by atoms with Crippen LogP contribution in [0.25, 0.3) is 0 Å². The second-order valence-electron chi connectivity index (χ2n) is 8.30. The van der Waals surface area contributed by atoms with E-state index in [4.69, 9.17) is 21.2 Å². The van der Waals surface area contributed by atoms with Crippen LogP contribution in [0.1, 0.15) is 41.9 Å². The number of rotatable bonds is 11. The zero-order valence-corrected chi connectivity index (χ0v) is 19.2. The number of oxime groups is 1. The summed E-state index contributed by atoms with van der Waals surface area (Å²) >= 11 is 5.35. The van der Waals surface area contributed by atoms with Gasteiger partial charge in [-0.2, -0.15) is 0 Å². The molecule has 0 radical (unpaired) electrons. The lowest BCUT2D eigenvalue weighted by atomic mass is 10.0. The molecule has 2 fully saturated rings. The summed E-state index contributed by atoms with van der Waals surface area (Å²) in [6.45, 7) is -0.0488. The number of hydrogen-bond acceptors (Lipinski definition) is 6. The minimum Gasteiger partial charge on any atom is -0.489 e. The maximum atomic E-state index is 12.7. The molecule has 0 bridgehead atoms. The highest BCUT2D eigenvalue weighted by Gasteiger charge is 2.47. The molecule has 174 valence electrons. The predicted molar refractivity (Wildman–Crippen MR) is 125 cm³/mol. The summed E-state index contributed by atoms with van der Waals surface area (Å²) in [4.78, 5) is 29.1. The summed E-state index contributed by atoms with van der Waals surface area (Å²) in [6.07, 6.45) is 3.25. The molecule has 2 aliphatic carbocycles. The van der Waals surface area contributed by atoms with Gasteiger partial charge in [0.25, 0.3) is 0 Å². The van der Waals surface area contributed by atoms with Crippen molar-refractivity contribution in [1.29, 1.82) is 0 Å². The van der Waals surface area contributed by atoms with Gasteiger partial charge in [0.2, 0.25) is 5.78 Å². The lowest BCUT2D eigenvalue weighted by Crippen LogP contribution is -2.34. The van der Waals surface area contributed by atoms with Gasteiger partial charge in [0.15, 0.2) is 11.8 Å². The molecular weight excluding hydrogens is 444 g/mol. The van der Waals surface area contributed by atoms with Gasteiger partial charge in [0, 0.05) is 5.56 Å². The molecule has 0 spiro atoms. The van der Waals surface area contributed by atoms with Crippen molar-refractivity contribution in [3.05, 3.63) is 65.2 Å². The Hall–Kier alpha value is -3.06. The highest BCUT2D eigenvalue weighted by molar-refractivity contribution is 6.47. The zero-order valence-electron chi connectivity index (χ0n) is 18.5. The van der Waals surface area contributed by atoms with Crippen molar-refractivity contribution in [2.75, 3.05) is 19.7 Å². The Labute approximate surface area is 198 Å². The Morgan fingerprint density at radius 2 is 1.97 bits per heavy atom. The van der Waals surface area contributed by atoms with Crippen molar-refractivity contribution in [3.8, 4) is 5.75 Å². The van der Waals surface area contributed by atoms with Gasteiger partial charge in [0.1, 0.15) is 19.5 Å². The predicted octanol–water partition coefficient (Wildman–Crippen LogP) is 4.62. The highest BCUT2D eigenvalue weighted by Crippen LogP contribution is 2.59. The molecule has 0 aliphatic heterocycles. The van der Waals surface area contributed by atoms with E-state index in [1.54, 1.807) is 12.1 Å². The first kappa shape index (κ1) is 23.1. The molecule has 2 unspecified atom stereocenters. The van der Waals surface area contributed by atoms with Crippen molar-refractivity contribution in [2.45, 2.75) is 31.8 Å². The minimum absolute atomic E-state index is 0.0851. The first-order valence-electron chi connectivity index (χ1n) is 11.0. The van der Waals surface area contributed by atoms with Crippen LogP contribution in [-0.2, 0) is 21.0 Å². The van der Waals surface area contributed by atoms with Crippen LogP contribution in [0.15, 0.2) is 53.7 Å². The fourth-order valence-electron chi connectivity index (χ4n) is 4.19. The number of benzene rings is 2. The Bertz CT molecular complexity index is 1040. The summed E-state index contributed by atoms with van der Waals surface area (Å²) < 4.78 is 10.7. The van der Waals surface area contributed by atoms with Crippen molar-refractivity contribution < 1.29 is 23.9 Å². The van der Waals surface area contributed by atoms with E-state index in [9.17, 15) is 9.59 Å². The van der Waals surface area contributed by atoms with Crippen LogP contribution in [0.2, 0.25) is 0 Å². The second kappa shape index (κ2) is 10.7. The number of hydrogen-bond donors (Lipinski definition) is 1. The number of nitrogens with one attached hydrogen (secondary N) is 1. The van der Waals surface area contributed by atoms with Crippen LogP contribution < -0.4 is 10.1 Å². The van der Waals surface area contributed by atoms with Crippen molar-refractivity contribution in [2.24, 2.45) is 17.0 Å². The maximum absolute atomic E-state index is 12.7. The number of halogens is 1. The Balaban J connectivity index is 1.43. The highest BCUT2D eigenvalue weighted by atomic mass is 35.5. The molecule has 4 rings (SSSR count). The van der Waals surface area contributed by atoms with Gasteiger partial charge in [-0.25, -0.2) is 4.79 Å². The number of nitrogens with zero attached hydrogens (tertiary/aromatic N) is 1. The molecule has 1 N–H and O–H groups in total. The Morgan fingerprint density at radius 1 is 1.15 bits per heavy atom. The maximum Gasteiger partial charge on any atom is 0.408 e. The van der Waals surface area contributed by atoms with E-state index in [1.807, 2.05) is 24.3 Å². The molecule has 0 aromatic heterocycles. The molecule has 1 amide bonds. The van der Waals surface area contributed by atoms with Crippen molar-refractivity contribution in [3.63, 3.8) is 0 Å². The molecule has 2 saturated carbocycles. The summed E-state index contributed by atoms with van der Waals surface area (Å²) in [6, 6.07) is 15.3. The lowest BCUT2D eigenvalue weighted by molar-refractivity contribution is -0.112. The van der Waals surface area contributed by atoms with E-state index in [0.29, 0.717) is 11.5 Å². The van der Waals surface area contributed by atoms with Gasteiger partial charge in [-0.15, -0.1) is 0 Å². The topological polar surface area (TPSA) is 86.2 Å². The average Bonchev–Trinajstić information content (AvgIpc) is 3.73. The van der Waals surface area contributed by atoms with Crippen LogP contribution in [0.5, 0.6) is 5.75 Å². The molecule has 7 nitrogen and oxygen atoms in total.